The second-order valence-corrected chi connectivity index (χ2v) is 23.5. The summed E-state index contributed by atoms with van der Waals surface area (Å²) in [6, 6.07) is 72.2. The summed E-state index contributed by atoms with van der Waals surface area (Å²) in [5.74, 6) is 0. The van der Waals surface area contributed by atoms with E-state index < -0.39 is 0 Å². The van der Waals surface area contributed by atoms with Crippen molar-refractivity contribution < 1.29 is 4.42 Å². The average molecular weight is 988 g/mol. The van der Waals surface area contributed by atoms with Crippen LogP contribution in [-0.2, 0) is 10.8 Å². The molecule has 14 rings (SSSR count). The molecule has 0 unspecified atom stereocenters. The molecule has 4 nitrogen and oxygen atoms in total. The first-order chi connectivity index (χ1) is 36.4. The number of nitrogens with zero attached hydrogens (tertiary/aromatic N) is 3. The number of fused-ring (bicyclic) bond motifs is 11. The summed E-state index contributed by atoms with van der Waals surface area (Å²) in [5.41, 5.74) is 17.3. The van der Waals surface area contributed by atoms with Crippen LogP contribution in [0.15, 0.2) is 217 Å². The first kappa shape index (κ1) is 45.3. The molecule has 0 saturated heterocycles. The quantitative estimate of drug-likeness (QED) is 0.152. The topological polar surface area (TPSA) is 24.0 Å². The Morgan fingerprint density at radius 1 is 0.467 bits per heavy atom. The third-order valence-electron chi connectivity index (χ3n) is 15.7. The number of rotatable bonds is 8. The van der Waals surface area contributed by atoms with Crippen molar-refractivity contribution in [3.05, 3.63) is 229 Å². The zero-order valence-corrected chi connectivity index (χ0v) is 44.1. The Hall–Kier alpha value is -8.38. The zero-order chi connectivity index (χ0) is 50.7. The molecule has 0 atom stereocenters. The predicted octanol–water partition coefficient (Wildman–Crippen LogP) is 20.9. The van der Waals surface area contributed by atoms with E-state index in [0.29, 0.717) is 0 Å². The number of para-hydroxylation sites is 1. The molecule has 75 heavy (non-hydrogen) atoms. The Bertz CT molecular complexity index is 4380. The predicted molar refractivity (Wildman–Crippen MR) is 322 cm³/mol. The SMILES string of the molecule is CC(C)(C)c1ccc(N(c2ccc(C3=CCCC=C3)cc2)c2ccc3cc4sc5c(c4cc3c2)c2ccc(N(c3ccc(-c4ccccc4)cc3)c3ccc(C(C)(C)C)cc3)c3c4c6ccccc6oc4n5c23)cc1. The van der Waals surface area contributed by atoms with Gasteiger partial charge in [0.15, 0.2) is 0 Å². The van der Waals surface area contributed by atoms with E-state index >= 15 is 0 Å². The van der Waals surface area contributed by atoms with Gasteiger partial charge >= 0.3 is 0 Å². The minimum Gasteiger partial charge on any atom is -0.439 e. The van der Waals surface area contributed by atoms with Crippen molar-refractivity contribution in [2.75, 3.05) is 9.80 Å². The van der Waals surface area contributed by atoms with Crippen LogP contribution in [0.5, 0.6) is 0 Å². The van der Waals surface area contributed by atoms with Crippen molar-refractivity contribution in [2.24, 2.45) is 0 Å². The van der Waals surface area contributed by atoms with Crippen LogP contribution >= 0.6 is 11.3 Å². The zero-order valence-electron chi connectivity index (χ0n) is 43.3. The van der Waals surface area contributed by atoms with Crippen molar-refractivity contribution >= 4 is 120 Å². The van der Waals surface area contributed by atoms with Crippen molar-refractivity contribution in [1.29, 1.82) is 0 Å². The molecule has 0 bridgehead atoms. The van der Waals surface area contributed by atoms with Gasteiger partial charge in [0.25, 0.3) is 0 Å². The van der Waals surface area contributed by atoms with Crippen molar-refractivity contribution in [3.63, 3.8) is 0 Å². The third kappa shape index (κ3) is 7.47. The molecule has 0 N–H and O–H groups in total. The van der Waals surface area contributed by atoms with Crippen molar-refractivity contribution in [2.45, 2.75) is 65.2 Å². The first-order valence-electron chi connectivity index (χ1n) is 26.4. The molecule has 1 aliphatic carbocycles. The molecule has 0 fully saturated rings. The van der Waals surface area contributed by atoms with Crippen LogP contribution in [0.3, 0.4) is 0 Å². The van der Waals surface area contributed by atoms with Crippen LogP contribution in [0.2, 0.25) is 0 Å². The maximum atomic E-state index is 7.02. The molecule has 9 aromatic carbocycles. The summed E-state index contributed by atoms with van der Waals surface area (Å²) in [7, 11) is 0. The van der Waals surface area contributed by atoms with Gasteiger partial charge in [-0.05, 0) is 153 Å². The molecule has 1 aliphatic rings. The highest BCUT2D eigenvalue weighted by atomic mass is 32.1. The van der Waals surface area contributed by atoms with Crippen LogP contribution in [0.25, 0.3) is 86.1 Å². The number of hydrogen-bond acceptors (Lipinski definition) is 4. The molecular formula is C70H57N3OS. The second kappa shape index (κ2) is 17.1. The fourth-order valence-corrected chi connectivity index (χ4v) is 13.0. The maximum Gasteiger partial charge on any atom is 0.214 e. The highest BCUT2D eigenvalue weighted by molar-refractivity contribution is 7.26. The molecule has 0 radical (unpaired) electrons. The number of furan rings is 1. The Morgan fingerprint density at radius 3 is 1.72 bits per heavy atom. The van der Waals surface area contributed by atoms with Gasteiger partial charge in [0.05, 0.1) is 16.6 Å². The van der Waals surface area contributed by atoms with Gasteiger partial charge in [0.1, 0.15) is 10.4 Å². The molecule has 5 heteroatoms. The number of anilines is 6. The van der Waals surface area contributed by atoms with Crippen molar-refractivity contribution in [3.8, 4) is 11.1 Å². The van der Waals surface area contributed by atoms with Crippen molar-refractivity contribution in [1.82, 2.24) is 4.40 Å². The molecule has 4 aromatic heterocycles. The summed E-state index contributed by atoms with van der Waals surface area (Å²) in [6.07, 6.45) is 9.09. The van der Waals surface area contributed by atoms with E-state index in [9.17, 15) is 0 Å². The van der Waals surface area contributed by atoms with E-state index in [4.69, 9.17) is 4.42 Å². The molecule has 0 amide bonds. The minimum absolute atomic E-state index is 0.0229. The van der Waals surface area contributed by atoms with Crippen LogP contribution in [0, 0.1) is 0 Å². The summed E-state index contributed by atoms with van der Waals surface area (Å²) in [6.45, 7) is 13.7. The Kier molecular flexibility index (Phi) is 10.3. The lowest BCUT2D eigenvalue weighted by Gasteiger charge is -2.28. The normalized spacial score (nSPS) is 13.4. The molecule has 0 spiro atoms. The van der Waals surface area contributed by atoms with Crippen LogP contribution < -0.4 is 9.80 Å². The van der Waals surface area contributed by atoms with Crippen LogP contribution in [-0.4, -0.2) is 4.40 Å². The largest absolute Gasteiger partial charge is 0.439 e. The maximum absolute atomic E-state index is 7.02. The van der Waals surface area contributed by atoms with E-state index in [0.717, 1.165) is 69.0 Å². The van der Waals surface area contributed by atoms with Gasteiger partial charge in [-0.2, -0.15) is 0 Å². The molecule has 4 heterocycles. The fourth-order valence-electron chi connectivity index (χ4n) is 11.7. The Labute approximate surface area is 442 Å². The van der Waals surface area contributed by atoms with Gasteiger partial charge in [-0.15, -0.1) is 11.3 Å². The molecule has 0 aliphatic heterocycles. The standard InChI is InChI=1S/C70H57N3OS/c1-69(2,3)50-26-35-53(36-27-50)71(52-30-21-46(22-31-52)44-15-9-7-10-16-44)56-34-25-48-43-62-59(42-49(48)41-56)63-58-39-40-60(65-64-57-19-13-14-20-61(57)74-67(64)73(66(58)65)68(63)75-62)72(55-37-28-51(29-38-55)70(4,5)6)54-32-23-47(24-33-54)45-17-11-8-12-18-45/h8-9,11-43H,7,10H2,1-6H3. The number of hydrogen-bond donors (Lipinski definition) is 0. The summed E-state index contributed by atoms with van der Waals surface area (Å²) >= 11 is 1.86. The van der Waals surface area contributed by atoms with Gasteiger partial charge in [-0.25, -0.2) is 0 Å². The minimum atomic E-state index is 0.0229. The highest BCUT2D eigenvalue weighted by Gasteiger charge is 2.30. The van der Waals surface area contributed by atoms with Gasteiger partial charge in [0.2, 0.25) is 5.71 Å². The highest BCUT2D eigenvalue weighted by Crippen LogP contribution is 2.53. The van der Waals surface area contributed by atoms with E-state index in [1.807, 2.05) is 11.3 Å². The van der Waals surface area contributed by atoms with Gasteiger partial charge < -0.3 is 14.2 Å². The van der Waals surface area contributed by atoms with E-state index in [-0.39, 0.29) is 10.8 Å². The fraction of sp³-hybridized carbons (Fsp3) is 0.143. The third-order valence-corrected chi connectivity index (χ3v) is 16.8. The van der Waals surface area contributed by atoms with E-state index in [2.05, 4.69) is 268 Å². The van der Waals surface area contributed by atoms with Gasteiger partial charge in [-0.3, -0.25) is 4.40 Å². The molecular weight excluding hydrogens is 931 g/mol. The average Bonchev–Trinajstić information content (AvgIpc) is 4.19. The summed E-state index contributed by atoms with van der Waals surface area (Å²) < 4.78 is 10.7. The lowest BCUT2D eigenvalue weighted by molar-refractivity contribution is 0.590. The molecule has 13 aromatic rings. The van der Waals surface area contributed by atoms with E-state index in [1.54, 1.807) is 0 Å². The molecule has 0 saturated carbocycles. The summed E-state index contributed by atoms with van der Waals surface area (Å²) in [5, 5.41) is 9.62. The number of thiophene rings is 1. The smallest absolute Gasteiger partial charge is 0.214 e. The van der Waals surface area contributed by atoms with Gasteiger partial charge in [-0.1, -0.05) is 169 Å². The van der Waals surface area contributed by atoms with E-state index in [1.165, 1.54) is 80.8 Å². The number of allylic oxidation sites excluding steroid dienone is 4. The monoisotopic (exact) mass is 987 g/mol. The second-order valence-electron chi connectivity index (χ2n) is 22.5. The lowest BCUT2D eigenvalue weighted by atomic mass is 9.87. The van der Waals surface area contributed by atoms with Gasteiger partial charge in [0, 0.05) is 60.1 Å². The Morgan fingerprint density at radius 2 is 1.07 bits per heavy atom. The Balaban J connectivity index is 0.967. The lowest BCUT2D eigenvalue weighted by Crippen LogP contribution is -2.13. The number of aromatic nitrogens is 1. The summed E-state index contributed by atoms with van der Waals surface area (Å²) in [4.78, 5) is 6.06. The van der Waals surface area contributed by atoms with Crippen LogP contribution in [0.1, 0.15) is 71.1 Å². The molecule has 364 valence electrons. The number of benzene rings is 9. The van der Waals surface area contributed by atoms with Crippen LogP contribution in [0.4, 0.5) is 34.1 Å². The first-order valence-corrected chi connectivity index (χ1v) is 27.2.